The molecule has 9 heteroatoms. The van der Waals surface area contributed by atoms with Gasteiger partial charge in [0.15, 0.2) is 22.4 Å². The molecule has 2 rings (SSSR count). The Balaban J connectivity index is 2.09. The first-order valence-corrected chi connectivity index (χ1v) is 24.5. The lowest BCUT2D eigenvalue weighted by Crippen LogP contribution is -2.62. The van der Waals surface area contributed by atoms with Crippen LogP contribution in [-0.2, 0) is 23.1 Å². The van der Waals surface area contributed by atoms with Gasteiger partial charge in [0.05, 0.1) is 32.0 Å². The van der Waals surface area contributed by atoms with Gasteiger partial charge in [-0.2, -0.15) is 0 Å². The highest BCUT2D eigenvalue weighted by molar-refractivity contribution is 6.74. The van der Waals surface area contributed by atoms with Crippen LogP contribution in [-0.4, -0.2) is 77.0 Å². The average molecular weight is 686 g/mol. The van der Waals surface area contributed by atoms with E-state index in [0.717, 1.165) is 58.2 Å². The molecule has 3 atom stereocenters. The lowest BCUT2D eigenvalue weighted by molar-refractivity contribution is -0.164. The number of carbonyl (C=O) groups excluding carboxylic acids is 1. The van der Waals surface area contributed by atoms with Crippen LogP contribution in [0.3, 0.4) is 0 Å². The SMILES string of the molecule is CCC1(CCCCCCCCC[C@@H]2CC[C@H](O[Si](C)(C)C(C)(C)C)[C@@H](CO[Si](C)(C)C(C)(C)C)N2C(=O)OC(C)(C)C)OCCO1. The highest BCUT2D eigenvalue weighted by Gasteiger charge is 2.48. The molecule has 0 unspecified atom stereocenters. The maximum absolute atomic E-state index is 14.0. The predicted octanol–water partition coefficient (Wildman–Crippen LogP) is 10.8. The number of nitrogens with zero attached hydrogens (tertiary/aromatic N) is 1. The van der Waals surface area contributed by atoms with Crippen LogP contribution in [0, 0.1) is 0 Å². The van der Waals surface area contributed by atoms with Crippen molar-refractivity contribution in [2.45, 2.75) is 212 Å². The fourth-order valence-electron chi connectivity index (χ4n) is 6.09. The van der Waals surface area contributed by atoms with Gasteiger partial charge < -0.3 is 23.1 Å². The number of hydrogen-bond donors (Lipinski definition) is 0. The molecule has 0 aliphatic carbocycles. The zero-order valence-electron chi connectivity index (χ0n) is 32.7. The second-order valence-corrected chi connectivity index (χ2v) is 27.7. The third-order valence-corrected chi connectivity index (χ3v) is 20.2. The van der Waals surface area contributed by atoms with Gasteiger partial charge in [-0.3, -0.25) is 4.90 Å². The van der Waals surface area contributed by atoms with Crippen molar-refractivity contribution in [1.29, 1.82) is 0 Å². The number of hydrogen-bond acceptors (Lipinski definition) is 6. The summed E-state index contributed by atoms with van der Waals surface area (Å²) in [4.78, 5) is 16.1. The molecule has 2 saturated heterocycles. The van der Waals surface area contributed by atoms with Crippen molar-refractivity contribution in [1.82, 2.24) is 4.90 Å². The zero-order chi connectivity index (χ0) is 35.0. The summed E-state index contributed by atoms with van der Waals surface area (Å²) in [6, 6.07) is -0.0186. The Bertz CT molecular complexity index is 914. The first-order valence-electron chi connectivity index (χ1n) is 18.7. The molecule has 0 radical (unpaired) electrons. The van der Waals surface area contributed by atoms with Gasteiger partial charge in [-0.1, -0.05) is 87.0 Å². The first kappa shape index (κ1) is 41.7. The molecule has 0 N–H and O–H groups in total. The molecule has 0 aromatic carbocycles. The molecule has 0 aromatic rings. The number of rotatable bonds is 16. The monoisotopic (exact) mass is 686 g/mol. The van der Waals surface area contributed by atoms with Crippen molar-refractivity contribution in [3.8, 4) is 0 Å². The lowest BCUT2D eigenvalue weighted by Gasteiger charge is -2.50. The summed E-state index contributed by atoms with van der Waals surface area (Å²) in [5, 5.41) is 0.171. The second-order valence-electron chi connectivity index (χ2n) is 18.1. The van der Waals surface area contributed by atoms with Gasteiger partial charge in [0.2, 0.25) is 0 Å². The largest absolute Gasteiger partial charge is 0.444 e. The molecule has 272 valence electrons. The molecule has 0 aromatic heterocycles. The second kappa shape index (κ2) is 17.0. The van der Waals surface area contributed by atoms with Crippen molar-refractivity contribution in [3.05, 3.63) is 0 Å². The lowest BCUT2D eigenvalue weighted by atomic mass is 9.90. The molecule has 2 aliphatic heterocycles. The fraction of sp³-hybridized carbons (Fsp3) is 0.973. The Labute approximate surface area is 286 Å². The van der Waals surface area contributed by atoms with E-state index in [1.54, 1.807) is 0 Å². The van der Waals surface area contributed by atoms with Gasteiger partial charge in [0.1, 0.15) is 5.60 Å². The van der Waals surface area contributed by atoms with Gasteiger partial charge >= 0.3 is 6.09 Å². The number of likely N-dealkylation sites (tertiary alicyclic amines) is 1. The summed E-state index contributed by atoms with van der Waals surface area (Å²) in [6.07, 6.45) is 13.0. The number of carbonyl (C=O) groups is 1. The Kier molecular flexibility index (Phi) is 15.4. The predicted molar refractivity (Wildman–Crippen MR) is 197 cm³/mol. The van der Waals surface area contributed by atoms with E-state index in [9.17, 15) is 4.79 Å². The molecule has 0 spiro atoms. The Morgan fingerprint density at radius 2 is 1.30 bits per heavy atom. The molecule has 7 nitrogen and oxygen atoms in total. The van der Waals surface area contributed by atoms with Crippen molar-refractivity contribution in [2.24, 2.45) is 0 Å². The molecule has 0 bridgehead atoms. The molecule has 1 amide bonds. The van der Waals surface area contributed by atoms with Crippen LogP contribution in [0.25, 0.3) is 0 Å². The summed E-state index contributed by atoms with van der Waals surface area (Å²) in [7, 11) is -4.13. The summed E-state index contributed by atoms with van der Waals surface area (Å²) in [5.41, 5.74) is -0.563. The van der Waals surface area contributed by atoms with Gasteiger partial charge in [0.25, 0.3) is 0 Å². The topological polar surface area (TPSA) is 66.5 Å². The standard InChI is InChI=1S/C37H75NO6Si2/c1-15-37(40-27-28-41-37)26-22-20-18-16-17-19-21-23-30-24-25-32(44-46(13,14)36(8,9)10)31(29-42-45(11,12)35(5,6)7)38(30)33(39)43-34(2,3)4/h30-32H,15-29H2,1-14H3/t30-,31-,32+/m1/s1. The minimum absolute atomic E-state index is 0.0543. The first-order chi connectivity index (χ1) is 21.0. The van der Waals surface area contributed by atoms with Crippen LogP contribution >= 0.6 is 0 Å². The Morgan fingerprint density at radius 3 is 1.80 bits per heavy atom. The van der Waals surface area contributed by atoms with Crippen LogP contribution in [0.5, 0.6) is 0 Å². The molecule has 46 heavy (non-hydrogen) atoms. The number of piperidine rings is 1. The van der Waals surface area contributed by atoms with Crippen molar-refractivity contribution >= 4 is 22.7 Å². The fourth-order valence-corrected chi connectivity index (χ4v) is 8.50. The van der Waals surface area contributed by atoms with Crippen molar-refractivity contribution < 1.29 is 27.9 Å². The van der Waals surface area contributed by atoms with Crippen LogP contribution in [0.15, 0.2) is 0 Å². The van der Waals surface area contributed by atoms with E-state index >= 15 is 0 Å². The highest BCUT2D eigenvalue weighted by atomic mass is 28.4. The van der Waals surface area contributed by atoms with E-state index in [0.29, 0.717) is 6.61 Å². The van der Waals surface area contributed by atoms with E-state index in [1.807, 2.05) is 20.8 Å². The van der Waals surface area contributed by atoms with E-state index in [4.69, 9.17) is 23.1 Å². The smallest absolute Gasteiger partial charge is 0.410 e. The minimum Gasteiger partial charge on any atom is -0.444 e. The Hall–Kier alpha value is -0.456. The molecular formula is C37H75NO6Si2. The summed E-state index contributed by atoms with van der Waals surface area (Å²) in [5.74, 6) is -0.317. The molecule has 2 aliphatic rings. The van der Waals surface area contributed by atoms with Crippen molar-refractivity contribution in [2.75, 3.05) is 19.8 Å². The van der Waals surface area contributed by atoms with E-state index in [2.05, 4.69) is 79.6 Å². The molecule has 2 heterocycles. The van der Waals surface area contributed by atoms with Gasteiger partial charge in [0, 0.05) is 12.5 Å². The number of amides is 1. The highest BCUT2D eigenvalue weighted by Crippen LogP contribution is 2.42. The zero-order valence-corrected chi connectivity index (χ0v) is 34.7. The minimum atomic E-state index is -2.08. The van der Waals surface area contributed by atoms with E-state index < -0.39 is 22.2 Å². The van der Waals surface area contributed by atoms with Gasteiger partial charge in [-0.15, -0.1) is 0 Å². The van der Waals surface area contributed by atoms with Crippen LogP contribution in [0.2, 0.25) is 36.3 Å². The summed E-state index contributed by atoms with van der Waals surface area (Å²) < 4.78 is 31.8. The normalized spacial score (nSPS) is 23.2. The van der Waals surface area contributed by atoms with Crippen LogP contribution in [0.4, 0.5) is 4.79 Å². The quantitative estimate of drug-likeness (QED) is 0.119. The molecule has 2 fully saturated rings. The summed E-state index contributed by atoms with van der Waals surface area (Å²) >= 11 is 0. The number of ether oxygens (including phenoxy) is 3. The Morgan fingerprint density at radius 1 is 0.783 bits per heavy atom. The third kappa shape index (κ3) is 12.5. The maximum atomic E-state index is 14.0. The average Bonchev–Trinajstić information content (AvgIpc) is 3.38. The maximum Gasteiger partial charge on any atom is 0.410 e. The van der Waals surface area contributed by atoms with Gasteiger partial charge in [-0.05, 0) is 89.1 Å². The third-order valence-electron chi connectivity index (χ3n) is 11.2. The van der Waals surface area contributed by atoms with Gasteiger partial charge in [-0.25, -0.2) is 4.79 Å². The van der Waals surface area contributed by atoms with Crippen molar-refractivity contribution in [3.63, 3.8) is 0 Å². The summed E-state index contributed by atoms with van der Waals surface area (Å²) in [6.45, 7) is 32.9. The number of unbranched alkanes of at least 4 members (excludes halogenated alkanes) is 6. The van der Waals surface area contributed by atoms with Crippen LogP contribution in [0.1, 0.15) is 146 Å². The van der Waals surface area contributed by atoms with E-state index in [-0.39, 0.29) is 40.1 Å². The van der Waals surface area contributed by atoms with Crippen LogP contribution < -0.4 is 0 Å². The molecular weight excluding hydrogens is 611 g/mol. The van der Waals surface area contributed by atoms with E-state index in [1.165, 1.54) is 32.1 Å². The molecule has 0 saturated carbocycles.